The van der Waals surface area contributed by atoms with E-state index >= 15 is 0 Å². The normalized spacial score (nSPS) is 17.8. The van der Waals surface area contributed by atoms with E-state index in [0.29, 0.717) is 29.8 Å². The number of aryl methyl sites for hydroxylation is 1. The van der Waals surface area contributed by atoms with Crippen molar-refractivity contribution in [2.45, 2.75) is 31.2 Å². The van der Waals surface area contributed by atoms with Crippen molar-refractivity contribution in [3.63, 3.8) is 0 Å². The number of nitrogens with one attached hydrogen (secondary N) is 1. The van der Waals surface area contributed by atoms with Gasteiger partial charge in [-0.2, -0.15) is 0 Å². The lowest BCUT2D eigenvalue weighted by atomic mass is 9.98. The Morgan fingerprint density at radius 2 is 1.87 bits per heavy atom. The van der Waals surface area contributed by atoms with Crippen LogP contribution in [0.1, 0.15) is 24.3 Å². The molecule has 1 N–H and O–H groups in total. The lowest BCUT2D eigenvalue weighted by molar-refractivity contribution is 0.156. The van der Waals surface area contributed by atoms with Gasteiger partial charge in [-0.25, -0.2) is 13.1 Å². The van der Waals surface area contributed by atoms with Crippen LogP contribution < -0.4 is 4.72 Å². The van der Waals surface area contributed by atoms with Crippen LogP contribution in [0, 0.1) is 12.8 Å². The third-order valence-electron chi connectivity index (χ3n) is 5.34. The van der Waals surface area contributed by atoms with E-state index in [9.17, 15) is 8.42 Å². The van der Waals surface area contributed by atoms with Crippen LogP contribution >= 0.6 is 0 Å². The van der Waals surface area contributed by atoms with E-state index < -0.39 is 10.0 Å². The summed E-state index contributed by atoms with van der Waals surface area (Å²) >= 11 is 0. The van der Waals surface area contributed by atoms with Gasteiger partial charge in [0.1, 0.15) is 0 Å². The second-order valence-electron chi connectivity index (χ2n) is 7.78. The number of rotatable bonds is 7. The molecule has 1 aliphatic heterocycles. The van der Waals surface area contributed by atoms with Crippen LogP contribution in [-0.2, 0) is 16.6 Å². The van der Waals surface area contributed by atoms with E-state index in [-0.39, 0.29) is 5.92 Å². The highest BCUT2D eigenvalue weighted by atomic mass is 32.2. The minimum absolute atomic E-state index is 0.246. The molecule has 1 fully saturated rings. The van der Waals surface area contributed by atoms with Crippen LogP contribution in [0.15, 0.2) is 63.9 Å². The number of benzene rings is 2. The van der Waals surface area contributed by atoms with Crippen molar-refractivity contribution in [1.82, 2.24) is 19.8 Å². The average molecular weight is 427 g/mol. The molecule has 1 atom stereocenters. The lowest BCUT2D eigenvalue weighted by Crippen LogP contribution is -2.40. The molecule has 8 heteroatoms. The fourth-order valence-electron chi connectivity index (χ4n) is 3.70. The molecular weight excluding hydrogens is 400 g/mol. The quantitative estimate of drug-likeness (QED) is 0.624. The molecule has 0 saturated carbocycles. The van der Waals surface area contributed by atoms with Crippen molar-refractivity contribution in [2.75, 3.05) is 19.6 Å². The van der Waals surface area contributed by atoms with E-state index in [1.54, 1.807) is 12.1 Å². The van der Waals surface area contributed by atoms with E-state index in [0.717, 1.165) is 37.1 Å². The van der Waals surface area contributed by atoms with Gasteiger partial charge in [-0.1, -0.05) is 35.9 Å². The zero-order valence-electron chi connectivity index (χ0n) is 17.0. The molecule has 4 rings (SSSR count). The third kappa shape index (κ3) is 5.13. The minimum atomic E-state index is -3.49. The maximum Gasteiger partial charge on any atom is 0.247 e. The molecule has 0 radical (unpaired) electrons. The van der Waals surface area contributed by atoms with Crippen molar-refractivity contribution in [2.24, 2.45) is 5.92 Å². The highest BCUT2D eigenvalue weighted by Gasteiger charge is 2.24. The van der Waals surface area contributed by atoms with E-state index in [4.69, 9.17) is 4.42 Å². The fraction of sp³-hybridized carbons (Fsp3) is 0.364. The Balaban J connectivity index is 1.32. The van der Waals surface area contributed by atoms with Crippen LogP contribution in [0.2, 0.25) is 0 Å². The van der Waals surface area contributed by atoms with Crippen LogP contribution in [0.5, 0.6) is 0 Å². The van der Waals surface area contributed by atoms with E-state index in [1.807, 2.05) is 49.4 Å². The molecule has 2 heterocycles. The molecular formula is C22H26N4O3S. The molecule has 1 aromatic heterocycles. The van der Waals surface area contributed by atoms with Gasteiger partial charge < -0.3 is 4.42 Å². The maximum absolute atomic E-state index is 12.5. The number of sulfonamides is 1. The number of piperidine rings is 1. The first-order valence-corrected chi connectivity index (χ1v) is 11.6. The predicted molar refractivity (Wildman–Crippen MR) is 114 cm³/mol. The molecule has 30 heavy (non-hydrogen) atoms. The Labute approximate surface area is 177 Å². The lowest BCUT2D eigenvalue weighted by Gasteiger charge is -2.31. The largest absolute Gasteiger partial charge is 0.419 e. The van der Waals surface area contributed by atoms with Gasteiger partial charge in [0.05, 0.1) is 11.4 Å². The van der Waals surface area contributed by atoms with E-state index in [2.05, 4.69) is 19.8 Å². The Kier molecular flexibility index (Phi) is 6.26. The number of hydrogen-bond acceptors (Lipinski definition) is 6. The molecule has 1 saturated heterocycles. The Morgan fingerprint density at radius 1 is 1.10 bits per heavy atom. The standard InChI is InChI=1S/C22H26N4O3S/c1-17-9-11-20(12-10-17)30(27,28)23-14-18-6-5-13-26(15-18)16-21-24-25-22(29-21)19-7-3-2-4-8-19/h2-4,7-12,18,23H,5-6,13-16H2,1H3. The molecule has 0 spiro atoms. The molecule has 158 valence electrons. The number of aromatic nitrogens is 2. The first-order chi connectivity index (χ1) is 14.5. The van der Waals surface area contributed by atoms with Crippen LogP contribution in [-0.4, -0.2) is 43.1 Å². The fourth-order valence-corrected chi connectivity index (χ4v) is 4.81. The van der Waals surface area contributed by atoms with Crippen molar-refractivity contribution in [3.8, 4) is 11.5 Å². The summed E-state index contributed by atoms with van der Waals surface area (Å²) in [5.41, 5.74) is 1.94. The minimum Gasteiger partial charge on any atom is -0.419 e. The monoisotopic (exact) mass is 426 g/mol. The van der Waals surface area contributed by atoms with E-state index in [1.165, 1.54) is 0 Å². The predicted octanol–water partition coefficient (Wildman–Crippen LogP) is 3.24. The zero-order valence-corrected chi connectivity index (χ0v) is 17.8. The molecule has 1 unspecified atom stereocenters. The third-order valence-corrected chi connectivity index (χ3v) is 6.78. The summed E-state index contributed by atoms with van der Waals surface area (Å²) in [6.07, 6.45) is 2.00. The van der Waals surface area contributed by atoms with Crippen LogP contribution in [0.3, 0.4) is 0 Å². The van der Waals surface area contributed by atoms with Gasteiger partial charge in [0, 0.05) is 18.7 Å². The molecule has 7 nitrogen and oxygen atoms in total. The highest BCUT2D eigenvalue weighted by molar-refractivity contribution is 7.89. The molecule has 2 aromatic carbocycles. The summed E-state index contributed by atoms with van der Waals surface area (Å²) in [5.74, 6) is 1.34. The summed E-state index contributed by atoms with van der Waals surface area (Å²) in [6, 6.07) is 16.6. The Hall–Kier alpha value is -2.55. The summed E-state index contributed by atoms with van der Waals surface area (Å²) in [7, 11) is -3.49. The van der Waals surface area contributed by atoms with Gasteiger partial charge in [-0.3, -0.25) is 4.90 Å². The van der Waals surface area contributed by atoms with Gasteiger partial charge in [0.15, 0.2) is 0 Å². The molecule has 3 aromatic rings. The average Bonchev–Trinajstić information content (AvgIpc) is 3.22. The highest BCUT2D eigenvalue weighted by Crippen LogP contribution is 2.21. The number of likely N-dealkylation sites (tertiary alicyclic amines) is 1. The van der Waals surface area contributed by atoms with Gasteiger partial charge in [0.25, 0.3) is 0 Å². The smallest absolute Gasteiger partial charge is 0.247 e. The second kappa shape index (κ2) is 9.07. The summed E-state index contributed by atoms with van der Waals surface area (Å²) in [5, 5.41) is 8.32. The van der Waals surface area contributed by atoms with Crippen molar-refractivity contribution in [3.05, 3.63) is 66.1 Å². The number of hydrogen-bond donors (Lipinski definition) is 1. The van der Waals surface area contributed by atoms with Crippen molar-refractivity contribution >= 4 is 10.0 Å². The van der Waals surface area contributed by atoms with Crippen molar-refractivity contribution < 1.29 is 12.8 Å². The second-order valence-corrected chi connectivity index (χ2v) is 9.54. The number of nitrogens with zero attached hydrogens (tertiary/aromatic N) is 3. The first-order valence-electron chi connectivity index (χ1n) is 10.2. The molecule has 0 bridgehead atoms. The van der Waals surface area contributed by atoms with Crippen LogP contribution in [0.4, 0.5) is 0 Å². The van der Waals surface area contributed by atoms with Gasteiger partial charge >= 0.3 is 0 Å². The summed E-state index contributed by atoms with van der Waals surface area (Å²) in [6.45, 7) is 4.66. The first kappa shape index (κ1) is 20.7. The maximum atomic E-state index is 12.5. The van der Waals surface area contributed by atoms with Crippen LogP contribution in [0.25, 0.3) is 11.5 Å². The van der Waals surface area contributed by atoms with Gasteiger partial charge in [-0.15, -0.1) is 10.2 Å². The van der Waals surface area contributed by atoms with Gasteiger partial charge in [0.2, 0.25) is 21.8 Å². The Morgan fingerprint density at radius 3 is 2.63 bits per heavy atom. The molecule has 0 amide bonds. The Bertz CT molecular complexity index is 1070. The zero-order chi connectivity index (χ0) is 21.0. The van der Waals surface area contributed by atoms with Gasteiger partial charge in [-0.05, 0) is 56.5 Å². The SMILES string of the molecule is Cc1ccc(S(=O)(=O)NCC2CCCN(Cc3nnc(-c4ccccc4)o3)C2)cc1. The summed E-state index contributed by atoms with van der Waals surface area (Å²) < 4.78 is 33.7. The summed E-state index contributed by atoms with van der Waals surface area (Å²) in [4.78, 5) is 2.55. The molecule has 1 aliphatic rings. The molecule has 0 aliphatic carbocycles. The topological polar surface area (TPSA) is 88.3 Å². The van der Waals surface area contributed by atoms with Crippen molar-refractivity contribution in [1.29, 1.82) is 0 Å².